The molecule has 0 aromatic carbocycles. The Bertz CT molecular complexity index is 336. The summed E-state index contributed by atoms with van der Waals surface area (Å²) in [5, 5.41) is 0. The minimum Gasteiger partial charge on any atom is -0.295 e. The quantitative estimate of drug-likeness (QED) is 0.518. The number of carbonyl (C=O) groups excluding carboxylic acids is 4. The first kappa shape index (κ1) is 10.5. The van der Waals surface area contributed by atoms with Crippen molar-refractivity contribution in [3.63, 3.8) is 0 Å². The zero-order valence-corrected chi connectivity index (χ0v) is 7.78. The highest BCUT2D eigenvalue weighted by Crippen LogP contribution is 2.10. The molecule has 0 amide bonds. The molecule has 4 nitrogen and oxygen atoms in total. The molecule has 1 rings (SSSR count). The Morgan fingerprint density at radius 2 is 1.79 bits per heavy atom. The lowest BCUT2D eigenvalue weighted by molar-refractivity contribution is -0.142. The van der Waals surface area contributed by atoms with E-state index < -0.39 is 17.3 Å². The van der Waals surface area contributed by atoms with E-state index in [4.69, 9.17) is 0 Å². The predicted molar refractivity (Wildman–Crippen MR) is 47.6 cm³/mol. The molecular formula is C10H10O4. The predicted octanol–water partition coefficient (Wildman–Crippen LogP) is 0.249. The number of hydrogen-bond donors (Lipinski definition) is 0. The van der Waals surface area contributed by atoms with Gasteiger partial charge in [-0.3, -0.25) is 19.2 Å². The van der Waals surface area contributed by atoms with Crippen LogP contribution >= 0.6 is 0 Å². The largest absolute Gasteiger partial charge is 0.295 e. The summed E-state index contributed by atoms with van der Waals surface area (Å²) in [5.74, 6) is -3.17. The lowest BCUT2D eigenvalue weighted by Gasteiger charge is -2.03. The van der Waals surface area contributed by atoms with Gasteiger partial charge in [0.1, 0.15) is 0 Å². The number of hydrogen-bond acceptors (Lipinski definition) is 4. The number of ketones is 4. The van der Waals surface area contributed by atoms with E-state index in [1.165, 1.54) is 0 Å². The van der Waals surface area contributed by atoms with Crippen LogP contribution in [0.4, 0.5) is 0 Å². The molecule has 0 N–H and O–H groups in total. The summed E-state index contributed by atoms with van der Waals surface area (Å²) in [6.07, 6.45) is 2.24. The highest BCUT2D eigenvalue weighted by Gasteiger charge is 2.24. The van der Waals surface area contributed by atoms with E-state index in [0.717, 1.165) is 12.2 Å². The molecule has 1 aliphatic rings. The van der Waals surface area contributed by atoms with Gasteiger partial charge in [0, 0.05) is 12.3 Å². The topological polar surface area (TPSA) is 68.3 Å². The van der Waals surface area contributed by atoms with Crippen molar-refractivity contribution in [3.05, 3.63) is 12.2 Å². The highest BCUT2D eigenvalue weighted by atomic mass is 16.2. The molecule has 0 fully saturated rings. The molecule has 1 atom stereocenters. The molecule has 0 bridgehead atoms. The fourth-order valence-electron chi connectivity index (χ4n) is 1.14. The van der Waals surface area contributed by atoms with Crippen molar-refractivity contribution in [2.75, 3.05) is 0 Å². The van der Waals surface area contributed by atoms with E-state index >= 15 is 0 Å². The van der Waals surface area contributed by atoms with Crippen LogP contribution in [0.25, 0.3) is 0 Å². The molecule has 0 spiro atoms. The Hall–Kier alpha value is -1.58. The summed E-state index contributed by atoms with van der Waals surface area (Å²) in [6, 6.07) is 0. The standard InChI is InChI=1S/C10H10O4/c1-6-2-3-8(12)10(14)9(13)5-4-7(6)11/h4-6H,2-3H2,1H3. The maximum atomic E-state index is 11.2. The van der Waals surface area contributed by atoms with Crippen LogP contribution in [0.1, 0.15) is 19.8 Å². The Labute approximate surface area is 81.0 Å². The SMILES string of the molecule is CC1CCC(=O)C(=O)C(=O)C=CC1=O. The van der Waals surface area contributed by atoms with Crippen molar-refractivity contribution in [3.8, 4) is 0 Å². The van der Waals surface area contributed by atoms with Crippen molar-refractivity contribution in [1.29, 1.82) is 0 Å². The van der Waals surface area contributed by atoms with Gasteiger partial charge in [-0.2, -0.15) is 0 Å². The van der Waals surface area contributed by atoms with E-state index in [1.807, 2.05) is 0 Å². The van der Waals surface area contributed by atoms with Gasteiger partial charge >= 0.3 is 0 Å². The lowest BCUT2D eigenvalue weighted by Crippen LogP contribution is -2.21. The van der Waals surface area contributed by atoms with Gasteiger partial charge < -0.3 is 0 Å². The molecule has 1 unspecified atom stereocenters. The monoisotopic (exact) mass is 194 g/mol. The van der Waals surface area contributed by atoms with Crippen LogP contribution in [-0.4, -0.2) is 23.1 Å². The summed E-state index contributed by atoms with van der Waals surface area (Å²) in [4.78, 5) is 44.3. The normalized spacial score (nSPS) is 24.5. The third kappa shape index (κ3) is 2.22. The lowest BCUT2D eigenvalue weighted by atomic mass is 9.99. The van der Waals surface area contributed by atoms with E-state index in [0.29, 0.717) is 6.42 Å². The van der Waals surface area contributed by atoms with Crippen LogP contribution in [-0.2, 0) is 19.2 Å². The molecule has 0 aromatic rings. The van der Waals surface area contributed by atoms with Gasteiger partial charge in [0.2, 0.25) is 11.6 Å². The average molecular weight is 194 g/mol. The molecule has 0 heterocycles. The second kappa shape index (κ2) is 4.09. The minimum atomic E-state index is -1.02. The number of Topliss-reactive ketones (excluding diaryl/α,β-unsaturated/α-hetero) is 2. The first-order chi connectivity index (χ1) is 6.52. The minimum absolute atomic E-state index is 0.0286. The zero-order chi connectivity index (χ0) is 10.7. The Kier molecular flexibility index (Phi) is 3.06. The van der Waals surface area contributed by atoms with Crippen LogP contribution in [0.15, 0.2) is 12.2 Å². The fraction of sp³-hybridized carbons (Fsp3) is 0.400. The summed E-state index contributed by atoms with van der Waals surface area (Å²) in [7, 11) is 0. The summed E-state index contributed by atoms with van der Waals surface area (Å²) in [6.45, 7) is 1.67. The smallest absolute Gasteiger partial charge is 0.268 e. The van der Waals surface area contributed by atoms with Crippen LogP contribution in [0, 0.1) is 5.92 Å². The fourth-order valence-corrected chi connectivity index (χ4v) is 1.14. The maximum absolute atomic E-state index is 11.2. The molecule has 4 heteroatoms. The van der Waals surface area contributed by atoms with Gasteiger partial charge in [-0.15, -0.1) is 0 Å². The first-order valence-corrected chi connectivity index (χ1v) is 4.36. The Balaban J connectivity index is 2.94. The Morgan fingerprint density at radius 1 is 1.14 bits per heavy atom. The number of allylic oxidation sites excluding steroid dienone is 2. The van der Waals surface area contributed by atoms with E-state index in [1.54, 1.807) is 6.92 Å². The molecule has 0 saturated heterocycles. The van der Waals surface area contributed by atoms with Crippen molar-refractivity contribution < 1.29 is 19.2 Å². The summed E-state index contributed by atoms with van der Waals surface area (Å²) >= 11 is 0. The molecule has 74 valence electrons. The van der Waals surface area contributed by atoms with Crippen molar-refractivity contribution in [2.24, 2.45) is 5.92 Å². The van der Waals surface area contributed by atoms with Gasteiger partial charge in [0.25, 0.3) is 5.78 Å². The van der Waals surface area contributed by atoms with Crippen LogP contribution in [0.3, 0.4) is 0 Å². The van der Waals surface area contributed by atoms with Crippen molar-refractivity contribution in [1.82, 2.24) is 0 Å². The van der Waals surface area contributed by atoms with Crippen LogP contribution in [0.2, 0.25) is 0 Å². The number of rotatable bonds is 0. The molecule has 1 aliphatic carbocycles. The second-order valence-corrected chi connectivity index (χ2v) is 3.29. The molecule has 0 aliphatic heterocycles. The van der Waals surface area contributed by atoms with E-state index in [-0.39, 0.29) is 18.1 Å². The number of carbonyl (C=O) groups is 4. The van der Waals surface area contributed by atoms with Crippen molar-refractivity contribution >= 4 is 23.1 Å². The highest BCUT2D eigenvalue weighted by molar-refractivity contribution is 6.66. The molecular weight excluding hydrogens is 184 g/mol. The van der Waals surface area contributed by atoms with Gasteiger partial charge in [-0.25, -0.2) is 0 Å². The first-order valence-electron chi connectivity index (χ1n) is 4.36. The molecule has 0 radical (unpaired) electrons. The van der Waals surface area contributed by atoms with Crippen LogP contribution < -0.4 is 0 Å². The average Bonchev–Trinajstić information content (AvgIpc) is 2.21. The zero-order valence-electron chi connectivity index (χ0n) is 7.78. The third-order valence-corrected chi connectivity index (χ3v) is 2.17. The summed E-state index contributed by atoms with van der Waals surface area (Å²) in [5.41, 5.74) is 0. The Morgan fingerprint density at radius 3 is 2.43 bits per heavy atom. The van der Waals surface area contributed by atoms with E-state index in [9.17, 15) is 19.2 Å². The third-order valence-electron chi connectivity index (χ3n) is 2.17. The van der Waals surface area contributed by atoms with Crippen molar-refractivity contribution in [2.45, 2.75) is 19.8 Å². The molecule has 0 saturated carbocycles. The van der Waals surface area contributed by atoms with E-state index in [2.05, 4.69) is 0 Å². The second-order valence-electron chi connectivity index (χ2n) is 3.29. The maximum Gasteiger partial charge on any atom is 0.268 e. The van der Waals surface area contributed by atoms with Gasteiger partial charge in [-0.1, -0.05) is 6.92 Å². The van der Waals surface area contributed by atoms with Crippen LogP contribution in [0.5, 0.6) is 0 Å². The molecule has 14 heavy (non-hydrogen) atoms. The van der Waals surface area contributed by atoms with Gasteiger partial charge in [0.15, 0.2) is 5.78 Å². The summed E-state index contributed by atoms with van der Waals surface area (Å²) < 4.78 is 0. The van der Waals surface area contributed by atoms with Gasteiger partial charge in [-0.05, 0) is 18.6 Å². The van der Waals surface area contributed by atoms with Gasteiger partial charge in [0.05, 0.1) is 0 Å². The molecule has 0 aromatic heterocycles.